The topological polar surface area (TPSA) is 86.2 Å². The highest BCUT2D eigenvalue weighted by Crippen LogP contribution is 2.60. The number of primary amides is 2. The number of carbonyl (C=O) groups excluding carboxylic acids is 2. The minimum Gasteiger partial charge on any atom is -0.369 e. The molecule has 0 aromatic heterocycles. The molecule has 0 aliphatic heterocycles. The van der Waals surface area contributed by atoms with Gasteiger partial charge in [0.1, 0.15) is 0 Å². The molecule has 0 radical (unpaired) electrons. The summed E-state index contributed by atoms with van der Waals surface area (Å²) in [5.74, 6) is -0.147. The van der Waals surface area contributed by atoms with Crippen LogP contribution in [-0.2, 0) is 9.59 Å². The normalized spacial score (nSPS) is 43.7. The van der Waals surface area contributed by atoms with Gasteiger partial charge in [-0.15, -0.1) is 0 Å². The Morgan fingerprint density at radius 1 is 1.08 bits per heavy atom. The molecular formula is C8H12N2O2. The first-order chi connectivity index (χ1) is 5.63. The summed E-state index contributed by atoms with van der Waals surface area (Å²) in [7, 11) is 0. The van der Waals surface area contributed by atoms with Crippen LogP contribution in [0.25, 0.3) is 0 Å². The van der Waals surface area contributed by atoms with E-state index >= 15 is 0 Å². The first kappa shape index (κ1) is 7.58. The van der Waals surface area contributed by atoms with Crippen molar-refractivity contribution in [1.82, 2.24) is 0 Å². The number of carbonyl (C=O) groups is 2. The third-order valence-electron chi connectivity index (χ3n) is 3.20. The summed E-state index contributed by atoms with van der Waals surface area (Å²) in [5.41, 5.74) is 10.3. The van der Waals surface area contributed by atoms with Crippen LogP contribution in [0.3, 0.4) is 0 Å². The zero-order valence-electron chi connectivity index (χ0n) is 6.69. The number of nitrogens with two attached hydrogens (primary N) is 2. The maximum atomic E-state index is 10.9. The van der Waals surface area contributed by atoms with E-state index in [0.29, 0.717) is 5.92 Å². The van der Waals surface area contributed by atoms with Gasteiger partial charge in [0.15, 0.2) is 0 Å². The summed E-state index contributed by atoms with van der Waals surface area (Å²) in [6.07, 6.45) is 1.78. The monoisotopic (exact) mass is 168 g/mol. The molecule has 2 rings (SSSR count). The Labute approximate surface area is 70.3 Å². The van der Waals surface area contributed by atoms with Crippen molar-refractivity contribution in [2.24, 2.45) is 35.1 Å². The third-order valence-corrected chi connectivity index (χ3v) is 3.20. The van der Waals surface area contributed by atoms with Gasteiger partial charge in [-0.05, 0) is 24.7 Å². The summed E-state index contributed by atoms with van der Waals surface area (Å²) in [6.45, 7) is 0. The highest BCUT2D eigenvalue weighted by Gasteiger charge is 2.62. The lowest BCUT2D eigenvalue weighted by atomic mass is 9.99. The highest BCUT2D eigenvalue weighted by molar-refractivity contribution is 5.85. The average molecular weight is 168 g/mol. The quantitative estimate of drug-likeness (QED) is 0.567. The van der Waals surface area contributed by atoms with Crippen molar-refractivity contribution in [1.29, 1.82) is 0 Å². The Balaban J connectivity index is 2.07. The van der Waals surface area contributed by atoms with E-state index in [1.165, 1.54) is 0 Å². The predicted molar refractivity (Wildman–Crippen MR) is 41.6 cm³/mol. The summed E-state index contributed by atoms with van der Waals surface area (Å²) in [6, 6.07) is 0. The van der Waals surface area contributed by atoms with Crippen LogP contribution in [0.2, 0.25) is 0 Å². The van der Waals surface area contributed by atoms with Gasteiger partial charge in [0.2, 0.25) is 11.8 Å². The van der Waals surface area contributed by atoms with E-state index in [-0.39, 0.29) is 29.6 Å². The largest absolute Gasteiger partial charge is 0.369 e. The Bertz CT molecular complexity index is 251. The minimum atomic E-state index is -0.272. The molecule has 2 fully saturated rings. The van der Waals surface area contributed by atoms with Gasteiger partial charge in [-0.25, -0.2) is 0 Å². The SMILES string of the molecule is NC(=O)C1CCC2C(C(N)=O)C12. The second-order valence-electron chi connectivity index (χ2n) is 3.76. The molecule has 4 heteroatoms. The molecule has 2 aliphatic carbocycles. The highest BCUT2D eigenvalue weighted by atomic mass is 16.2. The fraction of sp³-hybridized carbons (Fsp3) is 0.750. The molecule has 2 saturated carbocycles. The number of fused-ring (bicyclic) bond motifs is 1. The van der Waals surface area contributed by atoms with Gasteiger partial charge >= 0.3 is 0 Å². The number of hydrogen-bond acceptors (Lipinski definition) is 2. The van der Waals surface area contributed by atoms with Crippen molar-refractivity contribution in [2.45, 2.75) is 12.8 Å². The summed E-state index contributed by atoms with van der Waals surface area (Å²) < 4.78 is 0. The van der Waals surface area contributed by atoms with Crippen LogP contribution in [0, 0.1) is 23.7 Å². The summed E-state index contributed by atoms with van der Waals surface area (Å²) >= 11 is 0. The maximum absolute atomic E-state index is 10.9. The maximum Gasteiger partial charge on any atom is 0.221 e. The van der Waals surface area contributed by atoms with E-state index in [0.717, 1.165) is 12.8 Å². The number of rotatable bonds is 2. The minimum absolute atomic E-state index is 0.0590. The van der Waals surface area contributed by atoms with Crippen molar-refractivity contribution in [3.8, 4) is 0 Å². The van der Waals surface area contributed by atoms with Crippen molar-refractivity contribution in [3.05, 3.63) is 0 Å². The van der Waals surface area contributed by atoms with Gasteiger partial charge in [-0.3, -0.25) is 9.59 Å². The second-order valence-corrected chi connectivity index (χ2v) is 3.76. The third kappa shape index (κ3) is 0.838. The molecule has 4 nitrogen and oxygen atoms in total. The predicted octanol–water partition coefficient (Wildman–Crippen LogP) is -0.771. The van der Waals surface area contributed by atoms with Crippen LogP contribution in [0.15, 0.2) is 0 Å². The van der Waals surface area contributed by atoms with E-state index in [4.69, 9.17) is 11.5 Å². The van der Waals surface area contributed by atoms with Gasteiger partial charge in [0, 0.05) is 11.8 Å². The number of hydrogen-bond donors (Lipinski definition) is 2. The van der Waals surface area contributed by atoms with Crippen LogP contribution in [0.1, 0.15) is 12.8 Å². The van der Waals surface area contributed by atoms with E-state index in [1.54, 1.807) is 0 Å². The lowest BCUT2D eigenvalue weighted by molar-refractivity contribution is -0.123. The molecule has 66 valence electrons. The molecule has 0 spiro atoms. The van der Waals surface area contributed by atoms with E-state index in [9.17, 15) is 9.59 Å². The smallest absolute Gasteiger partial charge is 0.221 e. The van der Waals surface area contributed by atoms with Crippen molar-refractivity contribution < 1.29 is 9.59 Å². The van der Waals surface area contributed by atoms with Crippen LogP contribution in [-0.4, -0.2) is 11.8 Å². The molecule has 4 N–H and O–H groups in total. The zero-order valence-corrected chi connectivity index (χ0v) is 6.69. The number of amides is 2. The molecule has 12 heavy (non-hydrogen) atoms. The fourth-order valence-corrected chi connectivity index (χ4v) is 2.62. The van der Waals surface area contributed by atoms with Crippen LogP contribution in [0.4, 0.5) is 0 Å². The van der Waals surface area contributed by atoms with E-state index in [2.05, 4.69) is 0 Å². The molecule has 0 aromatic rings. The van der Waals surface area contributed by atoms with Crippen LogP contribution in [0.5, 0.6) is 0 Å². The molecular weight excluding hydrogens is 156 g/mol. The molecule has 0 heterocycles. The molecule has 0 saturated heterocycles. The van der Waals surface area contributed by atoms with Gasteiger partial charge < -0.3 is 11.5 Å². The van der Waals surface area contributed by atoms with Gasteiger partial charge in [0.05, 0.1) is 0 Å². The summed E-state index contributed by atoms with van der Waals surface area (Å²) in [4.78, 5) is 21.7. The van der Waals surface area contributed by atoms with E-state index in [1.807, 2.05) is 0 Å². The van der Waals surface area contributed by atoms with Crippen molar-refractivity contribution in [3.63, 3.8) is 0 Å². The molecule has 2 amide bonds. The molecule has 0 bridgehead atoms. The van der Waals surface area contributed by atoms with E-state index < -0.39 is 0 Å². The second kappa shape index (κ2) is 2.21. The lowest BCUT2D eigenvalue weighted by Crippen LogP contribution is -2.26. The van der Waals surface area contributed by atoms with Gasteiger partial charge in [-0.2, -0.15) is 0 Å². The van der Waals surface area contributed by atoms with Crippen LogP contribution < -0.4 is 11.5 Å². The lowest BCUT2D eigenvalue weighted by Gasteiger charge is -2.07. The van der Waals surface area contributed by atoms with Gasteiger partial charge in [-0.1, -0.05) is 0 Å². The Morgan fingerprint density at radius 3 is 2.17 bits per heavy atom. The Kier molecular flexibility index (Phi) is 1.40. The van der Waals surface area contributed by atoms with Crippen molar-refractivity contribution >= 4 is 11.8 Å². The van der Waals surface area contributed by atoms with Crippen molar-refractivity contribution in [2.75, 3.05) is 0 Å². The molecule has 4 unspecified atom stereocenters. The fourth-order valence-electron chi connectivity index (χ4n) is 2.62. The zero-order chi connectivity index (χ0) is 8.88. The average Bonchev–Trinajstić information content (AvgIpc) is 2.52. The Hall–Kier alpha value is -1.06. The van der Waals surface area contributed by atoms with Crippen LogP contribution >= 0.6 is 0 Å². The standard InChI is InChI=1S/C8H12N2O2/c9-7(11)4-2-1-3-5(4)6(3)8(10)12/h3-6H,1-2H2,(H2,9,11)(H2,10,12). The first-order valence-corrected chi connectivity index (χ1v) is 4.21. The molecule has 2 aliphatic rings. The first-order valence-electron chi connectivity index (χ1n) is 4.21. The molecule has 4 atom stereocenters. The summed E-state index contributed by atoms with van der Waals surface area (Å²) in [5, 5.41) is 0. The van der Waals surface area contributed by atoms with Gasteiger partial charge in [0.25, 0.3) is 0 Å². The molecule has 0 aromatic carbocycles. The Morgan fingerprint density at radius 2 is 1.75 bits per heavy atom.